The van der Waals surface area contributed by atoms with Gasteiger partial charge >= 0.3 is 10.2 Å². The molecule has 0 aliphatic carbocycles. The Morgan fingerprint density at radius 1 is 0.848 bits per heavy atom. The standard InChI is InChI=1S/C30H17F5N6S5/c1-4-17(13-36)15(2)11-16(3)20-7-9-22(42-20)25-27-29(40-44-38-27)26(30-28(25)39-45-41-30)23-10-8-21(43-23)18-5-6-19(14-37)24(12-18)46(31,32,33,34)35/h4-12H,1H2,2-3H3/b16-11+,17-15+. The molecule has 6 rings (SSSR count). The van der Waals surface area contributed by atoms with Crippen LogP contribution in [0.25, 0.3) is 47.9 Å². The molecule has 46 heavy (non-hydrogen) atoms. The van der Waals surface area contributed by atoms with Crippen LogP contribution in [0.5, 0.6) is 0 Å². The highest BCUT2D eigenvalue weighted by molar-refractivity contribution is 8.45. The maximum absolute atomic E-state index is 13.8. The summed E-state index contributed by atoms with van der Waals surface area (Å²) >= 11 is 4.57. The Morgan fingerprint density at radius 3 is 2.04 bits per heavy atom. The molecule has 6 nitrogen and oxygen atoms in total. The van der Waals surface area contributed by atoms with Gasteiger partial charge in [0.1, 0.15) is 33.4 Å². The molecule has 2 aromatic carbocycles. The van der Waals surface area contributed by atoms with Crippen LogP contribution in [0.3, 0.4) is 0 Å². The fourth-order valence-corrected chi connectivity index (χ4v) is 8.96. The van der Waals surface area contributed by atoms with Crippen molar-refractivity contribution in [3.8, 4) is 43.5 Å². The summed E-state index contributed by atoms with van der Waals surface area (Å²) < 4.78 is 87.1. The SMILES string of the molecule is C=C/C(C#N)=C(C)\C=C(/C)c1ccc(-c2c3c(c(-c4ccc(-c5ccc(C#N)c(S(F)(F)(F)(F)F)c5)s4)c4nsnc24)N=S=N3)s1. The Balaban J connectivity index is 1.46. The molecule has 1 aliphatic heterocycles. The number of nitrogens with zero attached hydrogens (tertiary/aromatic N) is 6. The molecule has 0 amide bonds. The van der Waals surface area contributed by atoms with E-state index in [1.807, 2.05) is 32.1 Å². The molecule has 0 atom stereocenters. The third-order valence-corrected chi connectivity index (χ3v) is 11.6. The lowest BCUT2D eigenvalue weighted by Crippen LogP contribution is -2.08. The number of hydrogen-bond acceptors (Lipinski definition) is 9. The van der Waals surface area contributed by atoms with E-state index in [0.29, 0.717) is 44.5 Å². The van der Waals surface area contributed by atoms with E-state index in [1.165, 1.54) is 35.6 Å². The van der Waals surface area contributed by atoms with Gasteiger partial charge in [-0.2, -0.15) is 28.0 Å². The smallest absolute Gasteiger partial charge is 0.192 e. The number of fused-ring (bicyclic) bond motifs is 2. The van der Waals surface area contributed by atoms with Crippen molar-refractivity contribution < 1.29 is 19.4 Å². The van der Waals surface area contributed by atoms with Crippen LogP contribution in [0.15, 0.2) is 86.0 Å². The molecular weight excluding hydrogens is 700 g/mol. The second-order valence-electron chi connectivity index (χ2n) is 10.0. The molecule has 3 aromatic heterocycles. The number of aromatic nitrogens is 2. The Labute approximate surface area is 275 Å². The van der Waals surface area contributed by atoms with Gasteiger partial charge in [-0.3, -0.25) is 0 Å². The lowest BCUT2D eigenvalue weighted by molar-refractivity contribution is 0.363. The first-order valence-corrected chi connectivity index (χ1v) is 18.0. The highest BCUT2D eigenvalue weighted by Gasteiger charge is 2.66. The van der Waals surface area contributed by atoms with Gasteiger partial charge in [-0.25, -0.2) is 0 Å². The number of halogens is 5. The summed E-state index contributed by atoms with van der Waals surface area (Å²) in [5.74, 6) is 0. The predicted molar refractivity (Wildman–Crippen MR) is 179 cm³/mol. The molecule has 0 unspecified atom stereocenters. The van der Waals surface area contributed by atoms with Crippen molar-refractivity contribution in [2.24, 2.45) is 8.73 Å². The summed E-state index contributed by atoms with van der Waals surface area (Å²) in [6, 6.07) is 12.8. The summed E-state index contributed by atoms with van der Waals surface area (Å²) in [4.78, 5) is 0.477. The van der Waals surface area contributed by atoms with E-state index in [4.69, 9.17) is 5.26 Å². The maximum Gasteiger partial charge on any atom is 0.311 e. The number of hydrogen-bond donors (Lipinski definition) is 0. The number of nitriles is 2. The Morgan fingerprint density at radius 2 is 1.46 bits per heavy atom. The largest absolute Gasteiger partial charge is 0.311 e. The molecule has 1 aliphatic rings. The number of rotatable bonds is 7. The molecule has 0 saturated carbocycles. The molecule has 5 aromatic rings. The zero-order valence-electron chi connectivity index (χ0n) is 23.5. The average molecular weight is 717 g/mol. The van der Waals surface area contributed by atoms with Gasteiger partial charge in [0.15, 0.2) is 0 Å². The third kappa shape index (κ3) is 5.63. The first-order chi connectivity index (χ1) is 21.6. The molecule has 4 heterocycles. The number of thiophene rings is 2. The van der Waals surface area contributed by atoms with E-state index in [2.05, 4.69) is 30.1 Å². The van der Waals surface area contributed by atoms with Crippen LogP contribution < -0.4 is 0 Å². The van der Waals surface area contributed by atoms with Crippen LogP contribution >= 0.6 is 44.6 Å². The van der Waals surface area contributed by atoms with Crippen molar-refractivity contribution >= 4 is 84.0 Å². The minimum absolute atomic E-state index is 0.106. The van der Waals surface area contributed by atoms with Crippen molar-refractivity contribution in [3.63, 3.8) is 0 Å². The van der Waals surface area contributed by atoms with Gasteiger partial charge in [0, 0.05) is 30.6 Å². The van der Waals surface area contributed by atoms with Gasteiger partial charge in [-0.1, -0.05) is 44.2 Å². The van der Waals surface area contributed by atoms with Gasteiger partial charge < -0.3 is 0 Å². The average Bonchev–Trinajstić information content (AvgIpc) is 3.82. The van der Waals surface area contributed by atoms with Crippen molar-refractivity contribution in [2.75, 3.05) is 0 Å². The number of benzene rings is 2. The van der Waals surface area contributed by atoms with E-state index >= 15 is 0 Å². The second-order valence-corrected chi connectivity index (χ2v) is 15.6. The van der Waals surface area contributed by atoms with Gasteiger partial charge in [0.25, 0.3) is 0 Å². The Bertz CT molecular complexity index is 2360. The van der Waals surface area contributed by atoms with E-state index in [9.17, 15) is 24.7 Å². The summed E-state index contributed by atoms with van der Waals surface area (Å²) in [6.45, 7) is 7.48. The molecular formula is C30H17F5N6S5. The second kappa shape index (κ2) is 10.6. The topological polar surface area (TPSA) is 98.1 Å². The van der Waals surface area contributed by atoms with Crippen LogP contribution in [-0.4, -0.2) is 8.75 Å². The van der Waals surface area contributed by atoms with Gasteiger partial charge in [-0.05, 0) is 67.0 Å². The zero-order chi connectivity index (χ0) is 33.1. The van der Waals surface area contributed by atoms with E-state index in [-0.39, 0.29) is 10.4 Å². The minimum Gasteiger partial charge on any atom is -0.192 e. The monoisotopic (exact) mass is 716 g/mol. The van der Waals surface area contributed by atoms with Crippen LogP contribution in [0.4, 0.5) is 30.8 Å². The quantitative estimate of drug-likeness (QED) is 0.0933. The van der Waals surface area contributed by atoms with Crippen molar-refractivity contribution in [1.82, 2.24) is 8.75 Å². The lowest BCUT2D eigenvalue weighted by atomic mass is 10.0. The van der Waals surface area contributed by atoms with Crippen LogP contribution in [0.2, 0.25) is 0 Å². The van der Waals surface area contributed by atoms with Gasteiger partial charge in [0.2, 0.25) is 0 Å². The highest BCUT2D eigenvalue weighted by Crippen LogP contribution is 3.02. The summed E-state index contributed by atoms with van der Waals surface area (Å²) in [6.07, 6.45) is 3.43. The van der Waals surface area contributed by atoms with Crippen LogP contribution in [0.1, 0.15) is 24.3 Å². The van der Waals surface area contributed by atoms with E-state index in [1.54, 1.807) is 6.07 Å². The zero-order valence-corrected chi connectivity index (χ0v) is 27.6. The molecule has 0 bridgehead atoms. The molecule has 0 radical (unpaired) electrons. The summed E-state index contributed by atoms with van der Waals surface area (Å²) in [5, 5.41) is 18.4. The van der Waals surface area contributed by atoms with E-state index < -0.39 is 20.7 Å². The highest BCUT2D eigenvalue weighted by atomic mass is 32.5. The molecule has 232 valence electrons. The van der Waals surface area contributed by atoms with Crippen molar-refractivity contribution in [2.45, 2.75) is 18.7 Å². The molecule has 0 fully saturated rings. The molecule has 0 spiro atoms. The summed E-state index contributed by atoms with van der Waals surface area (Å²) in [5.41, 5.74) is 4.46. The fraction of sp³-hybridized carbons (Fsp3) is 0.0667. The van der Waals surface area contributed by atoms with Crippen LogP contribution in [-0.2, 0) is 11.4 Å². The van der Waals surface area contributed by atoms with Crippen LogP contribution in [0, 0.1) is 22.7 Å². The fourth-order valence-electron chi connectivity index (χ4n) is 4.89. The van der Waals surface area contributed by atoms with Crippen molar-refractivity contribution in [1.29, 1.82) is 10.5 Å². The van der Waals surface area contributed by atoms with Crippen molar-refractivity contribution in [3.05, 3.63) is 82.8 Å². The maximum atomic E-state index is 13.8. The Kier molecular flexibility index (Phi) is 7.30. The lowest BCUT2D eigenvalue weighted by Gasteiger charge is -2.41. The van der Waals surface area contributed by atoms with E-state index in [0.717, 1.165) is 66.9 Å². The third-order valence-electron chi connectivity index (χ3n) is 7.00. The summed E-state index contributed by atoms with van der Waals surface area (Å²) in [7, 11) is -10.1. The normalized spacial score (nSPS) is 14.9. The minimum atomic E-state index is -10.1. The predicted octanol–water partition coefficient (Wildman–Crippen LogP) is 12.5. The van der Waals surface area contributed by atoms with Gasteiger partial charge in [-0.15, -0.1) is 22.7 Å². The number of allylic oxidation sites excluding steroid dienone is 5. The molecule has 0 N–H and O–H groups in total. The van der Waals surface area contributed by atoms with Gasteiger partial charge in [0.05, 0.1) is 40.3 Å². The first kappa shape index (κ1) is 31.7. The molecule has 0 saturated heterocycles. The Hall–Kier alpha value is -4.32. The molecule has 16 heteroatoms. The first-order valence-electron chi connectivity index (χ1n) is 12.9.